The average Bonchev–Trinajstić information content (AvgIpc) is 2.35. The summed E-state index contributed by atoms with van der Waals surface area (Å²) in [6.45, 7) is 5.96. The second kappa shape index (κ2) is 5.81. The Morgan fingerprint density at radius 2 is 2.22 bits per heavy atom. The van der Waals surface area contributed by atoms with E-state index >= 15 is 0 Å². The number of hydrogen-bond donors (Lipinski definition) is 1. The molecule has 0 amide bonds. The summed E-state index contributed by atoms with van der Waals surface area (Å²) in [5, 5.41) is 3.54. The van der Waals surface area contributed by atoms with E-state index in [1.807, 2.05) is 12.1 Å². The Morgan fingerprint density at radius 3 is 2.89 bits per heavy atom. The molecule has 2 nitrogen and oxygen atoms in total. The third-order valence-corrected chi connectivity index (χ3v) is 4.04. The molecule has 0 aliphatic carbocycles. The number of piperidine rings is 1. The highest BCUT2D eigenvalue weighted by Crippen LogP contribution is 2.16. The lowest BCUT2D eigenvalue weighted by molar-refractivity contribution is 0.168. The Kier molecular flexibility index (Phi) is 4.36. The molecule has 1 heterocycles. The van der Waals surface area contributed by atoms with E-state index in [0.717, 1.165) is 18.7 Å². The van der Waals surface area contributed by atoms with Crippen molar-refractivity contribution in [2.45, 2.75) is 45.3 Å². The highest BCUT2D eigenvalue weighted by Gasteiger charge is 2.22. The summed E-state index contributed by atoms with van der Waals surface area (Å²) >= 11 is 0. The van der Waals surface area contributed by atoms with Gasteiger partial charge in [0.2, 0.25) is 0 Å². The molecule has 18 heavy (non-hydrogen) atoms. The molecule has 3 heteroatoms. The fourth-order valence-electron chi connectivity index (χ4n) is 2.48. The standard InChI is InChI=1S/C15H23FN2/c1-11-4-5-13(9-15(11)16)10-17-14-6-7-18(3)12(2)8-14/h4-5,9,12,14,17H,6-8,10H2,1-3H3. The third-order valence-electron chi connectivity index (χ3n) is 4.04. The van der Waals surface area contributed by atoms with E-state index in [9.17, 15) is 4.39 Å². The predicted octanol–water partition coefficient (Wildman–Crippen LogP) is 2.71. The molecule has 2 unspecified atom stereocenters. The molecule has 1 N–H and O–H groups in total. The van der Waals surface area contributed by atoms with Gasteiger partial charge in [0.15, 0.2) is 0 Å². The van der Waals surface area contributed by atoms with Crippen molar-refractivity contribution in [1.29, 1.82) is 0 Å². The maximum Gasteiger partial charge on any atom is 0.126 e. The first-order valence-corrected chi connectivity index (χ1v) is 6.75. The Morgan fingerprint density at radius 1 is 1.44 bits per heavy atom. The molecule has 1 aliphatic heterocycles. The van der Waals surface area contributed by atoms with Crippen LogP contribution in [0.4, 0.5) is 4.39 Å². The van der Waals surface area contributed by atoms with Gasteiger partial charge in [0.1, 0.15) is 5.82 Å². The first-order valence-electron chi connectivity index (χ1n) is 6.75. The summed E-state index contributed by atoms with van der Waals surface area (Å²) < 4.78 is 13.4. The van der Waals surface area contributed by atoms with E-state index in [1.165, 1.54) is 12.8 Å². The van der Waals surface area contributed by atoms with Gasteiger partial charge in [0.05, 0.1) is 0 Å². The Hall–Kier alpha value is -0.930. The highest BCUT2D eigenvalue weighted by atomic mass is 19.1. The second-order valence-electron chi connectivity index (χ2n) is 5.52. The molecular weight excluding hydrogens is 227 g/mol. The van der Waals surface area contributed by atoms with Crippen LogP contribution in [0.2, 0.25) is 0 Å². The lowest BCUT2D eigenvalue weighted by atomic mass is 9.98. The van der Waals surface area contributed by atoms with Crippen molar-refractivity contribution in [1.82, 2.24) is 10.2 Å². The summed E-state index contributed by atoms with van der Waals surface area (Å²) in [6, 6.07) is 6.68. The van der Waals surface area contributed by atoms with Crippen molar-refractivity contribution in [2.75, 3.05) is 13.6 Å². The van der Waals surface area contributed by atoms with Crippen LogP contribution in [-0.4, -0.2) is 30.6 Å². The lowest BCUT2D eigenvalue weighted by Gasteiger charge is -2.35. The molecule has 1 aliphatic rings. The van der Waals surface area contributed by atoms with Gasteiger partial charge in [-0.1, -0.05) is 12.1 Å². The van der Waals surface area contributed by atoms with Crippen molar-refractivity contribution in [3.8, 4) is 0 Å². The largest absolute Gasteiger partial charge is 0.310 e. The summed E-state index contributed by atoms with van der Waals surface area (Å²) in [4.78, 5) is 2.39. The molecule has 1 aromatic carbocycles. The van der Waals surface area contributed by atoms with Gasteiger partial charge < -0.3 is 10.2 Å². The Bertz CT molecular complexity index is 405. The minimum absolute atomic E-state index is 0.106. The maximum absolute atomic E-state index is 13.4. The second-order valence-corrected chi connectivity index (χ2v) is 5.52. The van der Waals surface area contributed by atoms with Gasteiger partial charge in [-0.2, -0.15) is 0 Å². The number of hydrogen-bond acceptors (Lipinski definition) is 2. The number of nitrogens with zero attached hydrogens (tertiary/aromatic N) is 1. The topological polar surface area (TPSA) is 15.3 Å². The van der Waals surface area contributed by atoms with Gasteiger partial charge in [-0.15, -0.1) is 0 Å². The van der Waals surface area contributed by atoms with Crippen LogP contribution in [0.3, 0.4) is 0 Å². The fraction of sp³-hybridized carbons (Fsp3) is 0.600. The molecule has 2 rings (SSSR count). The van der Waals surface area contributed by atoms with Crippen molar-refractivity contribution in [3.05, 3.63) is 35.1 Å². The van der Waals surface area contributed by atoms with E-state index in [1.54, 1.807) is 13.0 Å². The van der Waals surface area contributed by atoms with Crippen LogP contribution < -0.4 is 5.32 Å². The van der Waals surface area contributed by atoms with Crippen LogP contribution in [0, 0.1) is 12.7 Å². The average molecular weight is 250 g/mol. The third kappa shape index (κ3) is 3.30. The number of likely N-dealkylation sites (tertiary alicyclic amines) is 1. The van der Waals surface area contributed by atoms with Crippen molar-refractivity contribution in [3.63, 3.8) is 0 Å². The van der Waals surface area contributed by atoms with Gasteiger partial charge in [0, 0.05) is 18.6 Å². The summed E-state index contributed by atoms with van der Waals surface area (Å²) in [5.74, 6) is -0.106. The molecule has 0 spiro atoms. The molecule has 0 bridgehead atoms. The van der Waals surface area contributed by atoms with Crippen LogP contribution in [0.5, 0.6) is 0 Å². The summed E-state index contributed by atoms with van der Waals surface area (Å²) in [7, 11) is 2.18. The van der Waals surface area contributed by atoms with Gasteiger partial charge in [-0.3, -0.25) is 0 Å². The normalized spacial score (nSPS) is 25.3. The van der Waals surface area contributed by atoms with E-state index in [0.29, 0.717) is 17.6 Å². The lowest BCUT2D eigenvalue weighted by Crippen LogP contribution is -2.45. The van der Waals surface area contributed by atoms with Gasteiger partial charge in [-0.25, -0.2) is 4.39 Å². The minimum Gasteiger partial charge on any atom is -0.310 e. The first kappa shape index (κ1) is 13.5. The van der Waals surface area contributed by atoms with Crippen molar-refractivity contribution < 1.29 is 4.39 Å². The van der Waals surface area contributed by atoms with Gasteiger partial charge in [-0.05, 0) is 57.5 Å². The zero-order valence-corrected chi connectivity index (χ0v) is 11.5. The smallest absolute Gasteiger partial charge is 0.126 e. The number of halogens is 1. The fourth-order valence-corrected chi connectivity index (χ4v) is 2.48. The van der Waals surface area contributed by atoms with Crippen LogP contribution >= 0.6 is 0 Å². The van der Waals surface area contributed by atoms with Crippen LogP contribution in [0.1, 0.15) is 30.9 Å². The van der Waals surface area contributed by atoms with Crippen LogP contribution in [-0.2, 0) is 6.54 Å². The molecule has 1 aromatic rings. The Balaban J connectivity index is 1.86. The molecule has 0 saturated carbocycles. The predicted molar refractivity (Wildman–Crippen MR) is 73.1 cm³/mol. The maximum atomic E-state index is 13.4. The van der Waals surface area contributed by atoms with Gasteiger partial charge in [0.25, 0.3) is 0 Å². The van der Waals surface area contributed by atoms with Crippen molar-refractivity contribution in [2.24, 2.45) is 0 Å². The highest BCUT2D eigenvalue weighted by molar-refractivity contribution is 5.23. The molecule has 2 atom stereocenters. The molecule has 1 fully saturated rings. The molecule has 0 aromatic heterocycles. The number of benzene rings is 1. The SMILES string of the molecule is Cc1ccc(CNC2CCN(C)C(C)C2)cc1F. The Labute approximate surface area is 109 Å². The van der Waals surface area contributed by atoms with Crippen LogP contribution in [0.15, 0.2) is 18.2 Å². The summed E-state index contributed by atoms with van der Waals surface area (Å²) in [6.07, 6.45) is 2.35. The summed E-state index contributed by atoms with van der Waals surface area (Å²) in [5.41, 5.74) is 1.75. The monoisotopic (exact) mass is 250 g/mol. The molecule has 1 saturated heterocycles. The van der Waals surface area contributed by atoms with E-state index < -0.39 is 0 Å². The molecule has 100 valence electrons. The quantitative estimate of drug-likeness (QED) is 0.887. The minimum atomic E-state index is -0.106. The zero-order chi connectivity index (χ0) is 13.1. The van der Waals surface area contributed by atoms with Crippen molar-refractivity contribution >= 4 is 0 Å². The number of aryl methyl sites for hydroxylation is 1. The van der Waals surface area contributed by atoms with E-state index in [-0.39, 0.29) is 5.82 Å². The van der Waals surface area contributed by atoms with Crippen LogP contribution in [0.25, 0.3) is 0 Å². The molecular formula is C15H23FN2. The number of rotatable bonds is 3. The number of nitrogens with one attached hydrogen (secondary N) is 1. The van der Waals surface area contributed by atoms with Gasteiger partial charge >= 0.3 is 0 Å². The first-order chi connectivity index (χ1) is 8.56. The zero-order valence-electron chi connectivity index (χ0n) is 11.5. The molecule has 0 radical (unpaired) electrons. The van der Waals surface area contributed by atoms with E-state index in [4.69, 9.17) is 0 Å². The van der Waals surface area contributed by atoms with E-state index in [2.05, 4.69) is 24.2 Å².